The summed E-state index contributed by atoms with van der Waals surface area (Å²) in [6, 6.07) is 10.4. The average Bonchev–Trinajstić information content (AvgIpc) is 2.71. The lowest BCUT2D eigenvalue weighted by Crippen LogP contribution is -2.08. The molecule has 20 heavy (non-hydrogen) atoms. The van der Waals surface area contributed by atoms with Crippen LogP contribution in [0, 0.1) is 25.2 Å². The molecule has 1 heterocycles. The lowest BCUT2D eigenvalue weighted by molar-refractivity contribution is 1.13. The van der Waals surface area contributed by atoms with Crippen molar-refractivity contribution in [1.29, 1.82) is 5.26 Å². The largest absolute Gasteiger partial charge is 0.378 e. The fourth-order valence-corrected chi connectivity index (χ4v) is 2.77. The molecule has 0 spiro atoms. The maximum atomic E-state index is 9.18. The second-order valence-electron chi connectivity index (χ2n) is 4.82. The molecule has 2 rings (SSSR count). The van der Waals surface area contributed by atoms with Gasteiger partial charge in [0.05, 0.1) is 5.56 Å². The third-order valence-corrected chi connectivity index (χ3v) is 4.33. The number of aryl methyl sites for hydroxylation is 1. The van der Waals surface area contributed by atoms with Crippen molar-refractivity contribution < 1.29 is 0 Å². The van der Waals surface area contributed by atoms with E-state index in [1.807, 2.05) is 46.3 Å². The second kappa shape index (κ2) is 5.89. The molecule has 1 aromatic carbocycles. The van der Waals surface area contributed by atoms with Crippen molar-refractivity contribution >= 4 is 28.2 Å². The van der Waals surface area contributed by atoms with Crippen molar-refractivity contribution in [2.75, 3.05) is 19.0 Å². The summed E-state index contributed by atoms with van der Waals surface area (Å²) in [5.41, 5.74) is 3.91. The second-order valence-corrected chi connectivity index (χ2v) is 6.02. The van der Waals surface area contributed by atoms with E-state index in [2.05, 4.69) is 28.1 Å². The quantitative estimate of drug-likeness (QED) is 0.797. The maximum absolute atomic E-state index is 9.18. The molecule has 1 aromatic heterocycles. The predicted molar refractivity (Wildman–Crippen MR) is 86.5 cm³/mol. The molecular weight excluding hydrogens is 266 g/mol. The van der Waals surface area contributed by atoms with Crippen molar-refractivity contribution in [3.63, 3.8) is 0 Å². The Kier molecular flexibility index (Phi) is 4.21. The zero-order valence-corrected chi connectivity index (χ0v) is 13.0. The number of aliphatic imine (C=N–C) groups is 1. The third kappa shape index (κ3) is 2.89. The van der Waals surface area contributed by atoms with Gasteiger partial charge in [-0.2, -0.15) is 5.26 Å². The molecule has 0 bridgehead atoms. The Morgan fingerprint density at radius 3 is 2.40 bits per heavy atom. The summed E-state index contributed by atoms with van der Waals surface area (Å²) in [5.74, 6) is 0. The SMILES string of the molecule is Cc1sc(N=Cc2ccc(N(C)C)cc2)c(C#N)c1C. The molecule has 0 radical (unpaired) electrons. The number of nitrogens with zero attached hydrogens (tertiary/aromatic N) is 3. The van der Waals surface area contributed by atoms with Gasteiger partial charge in [0.1, 0.15) is 11.1 Å². The van der Waals surface area contributed by atoms with Gasteiger partial charge in [-0.05, 0) is 37.1 Å². The maximum Gasteiger partial charge on any atom is 0.134 e. The van der Waals surface area contributed by atoms with Crippen LogP contribution in [0.5, 0.6) is 0 Å². The zero-order valence-electron chi connectivity index (χ0n) is 12.1. The van der Waals surface area contributed by atoms with Crippen LogP contribution in [0.1, 0.15) is 21.6 Å². The van der Waals surface area contributed by atoms with Crippen molar-refractivity contribution in [2.45, 2.75) is 13.8 Å². The normalized spacial score (nSPS) is 10.8. The minimum Gasteiger partial charge on any atom is -0.378 e. The third-order valence-electron chi connectivity index (χ3n) is 3.22. The van der Waals surface area contributed by atoms with E-state index in [1.165, 1.54) is 0 Å². The molecule has 0 aliphatic rings. The molecule has 0 atom stereocenters. The van der Waals surface area contributed by atoms with E-state index in [9.17, 15) is 5.26 Å². The van der Waals surface area contributed by atoms with Crippen LogP contribution in [-0.4, -0.2) is 20.3 Å². The van der Waals surface area contributed by atoms with E-state index < -0.39 is 0 Å². The van der Waals surface area contributed by atoms with Crippen LogP contribution < -0.4 is 4.90 Å². The molecule has 3 nitrogen and oxygen atoms in total. The van der Waals surface area contributed by atoms with E-state index in [0.717, 1.165) is 26.7 Å². The molecule has 0 saturated heterocycles. The van der Waals surface area contributed by atoms with Gasteiger partial charge in [-0.3, -0.25) is 0 Å². The van der Waals surface area contributed by atoms with Gasteiger partial charge in [0, 0.05) is 30.9 Å². The first-order valence-corrected chi connectivity index (χ1v) is 7.16. The number of nitriles is 1. The Morgan fingerprint density at radius 2 is 1.85 bits per heavy atom. The summed E-state index contributed by atoms with van der Waals surface area (Å²) in [7, 11) is 4.03. The monoisotopic (exact) mass is 283 g/mol. The number of hydrogen-bond donors (Lipinski definition) is 0. The number of thiophene rings is 1. The molecule has 4 heteroatoms. The molecule has 0 fully saturated rings. The summed E-state index contributed by atoms with van der Waals surface area (Å²) < 4.78 is 0. The van der Waals surface area contributed by atoms with Gasteiger partial charge in [0.2, 0.25) is 0 Å². The first-order valence-electron chi connectivity index (χ1n) is 6.34. The smallest absolute Gasteiger partial charge is 0.134 e. The van der Waals surface area contributed by atoms with Crippen LogP contribution in [0.2, 0.25) is 0 Å². The van der Waals surface area contributed by atoms with E-state index in [1.54, 1.807) is 11.3 Å². The number of hydrogen-bond acceptors (Lipinski definition) is 4. The molecule has 0 N–H and O–H groups in total. The zero-order chi connectivity index (χ0) is 14.7. The molecule has 0 aliphatic heterocycles. The lowest BCUT2D eigenvalue weighted by atomic mass is 10.2. The standard InChI is InChI=1S/C16H17N3S/c1-11-12(2)20-16(15(11)9-17)18-10-13-5-7-14(8-6-13)19(3)4/h5-8,10H,1-4H3. The van der Waals surface area contributed by atoms with Gasteiger partial charge in [0.15, 0.2) is 0 Å². The molecule has 102 valence electrons. The van der Waals surface area contributed by atoms with E-state index in [4.69, 9.17) is 0 Å². The van der Waals surface area contributed by atoms with Crippen LogP contribution in [0.15, 0.2) is 29.3 Å². The highest BCUT2D eigenvalue weighted by molar-refractivity contribution is 7.16. The summed E-state index contributed by atoms with van der Waals surface area (Å²) >= 11 is 1.56. The Hall–Kier alpha value is -2.12. The molecule has 0 amide bonds. The van der Waals surface area contributed by atoms with Gasteiger partial charge in [0.25, 0.3) is 0 Å². The molecule has 0 unspecified atom stereocenters. The highest BCUT2D eigenvalue weighted by atomic mass is 32.1. The lowest BCUT2D eigenvalue weighted by Gasteiger charge is -2.11. The fourth-order valence-electron chi connectivity index (χ4n) is 1.82. The Bertz CT molecular complexity index is 673. The fraction of sp³-hybridized carbons (Fsp3) is 0.250. The van der Waals surface area contributed by atoms with Crippen molar-refractivity contribution in [1.82, 2.24) is 0 Å². The first kappa shape index (κ1) is 14.3. The Morgan fingerprint density at radius 1 is 1.20 bits per heavy atom. The summed E-state index contributed by atoms with van der Waals surface area (Å²) in [4.78, 5) is 7.67. The Labute approximate surface area is 123 Å². The highest BCUT2D eigenvalue weighted by Crippen LogP contribution is 2.33. The molecule has 2 aromatic rings. The van der Waals surface area contributed by atoms with Gasteiger partial charge in [-0.25, -0.2) is 4.99 Å². The van der Waals surface area contributed by atoms with Crippen molar-refractivity contribution in [3.8, 4) is 6.07 Å². The number of rotatable bonds is 3. The first-order chi connectivity index (χ1) is 9.52. The molecular formula is C16H17N3S. The minimum absolute atomic E-state index is 0.689. The van der Waals surface area contributed by atoms with Gasteiger partial charge in [-0.15, -0.1) is 11.3 Å². The Balaban J connectivity index is 2.26. The highest BCUT2D eigenvalue weighted by Gasteiger charge is 2.10. The summed E-state index contributed by atoms with van der Waals surface area (Å²) in [6.45, 7) is 3.99. The van der Waals surface area contributed by atoms with Crippen molar-refractivity contribution in [2.24, 2.45) is 4.99 Å². The summed E-state index contributed by atoms with van der Waals surface area (Å²) in [6.07, 6.45) is 1.81. The van der Waals surface area contributed by atoms with Gasteiger partial charge >= 0.3 is 0 Å². The summed E-state index contributed by atoms with van der Waals surface area (Å²) in [5, 5.41) is 9.98. The van der Waals surface area contributed by atoms with Crippen molar-refractivity contribution in [3.05, 3.63) is 45.8 Å². The minimum atomic E-state index is 0.689. The van der Waals surface area contributed by atoms with Gasteiger partial charge in [-0.1, -0.05) is 12.1 Å². The molecule has 0 saturated carbocycles. The van der Waals surface area contributed by atoms with E-state index in [0.29, 0.717) is 5.56 Å². The van der Waals surface area contributed by atoms with Crippen LogP contribution in [0.4, 0.5) is 10.7 Å². The van der Waals surface area contributed by atoms with Crippen LogP contribution >= 0.6 is 11.3 Å². The average molecular weight is 283 g/mol. The van der Waals surface area contributed by atoms with Crippen LogP contribution in [0.3, 0.4) is 0 Å². The van der Waals surface area contributed by atoms with Gasteiger partial charge < -0.3 is 4.90 Å². The number of anilines is 1. The van der Waals surface area contributed by atoms with E-state index >= 15 is 0 Å². The van der Waals surface area contributed by atoms with Crippen LogP contribution in [-0.2, 0) is 0 Å². The molecule has 0 aliphatic carbocycles. The van der Waals surface area contributed by atoms with E-state index in [-0.39, 0.29) is 0 Å². The predicted octanol–water partition coefficient (Wildman–Crippen LogP) is 4.05. The van der Waals surface area contributed by atoms with Crippen LogP contribution in [0.25, 0.3) is 0 Å². The topological polar surface area (TPSA) is 39.4 Å². The number of benzene rings is 1.